The molecule has 1 saturated carbocycles. The highest BCUT2D eigenvalue weighted by molar-refractivity contribution is 5.76. The molecule has 0 unspecified atom stereocenters. The van der Waals surface area contributed by atoms with Crippen LogP contribution < -0.4 is 20.5 Å². The van der Waals surface area contributed by atoms with Crippen LogP contribution in [0.5, 0.6) is 11.5 Å². The number of amides is 1. The molecule has 1 amide bonds. The van der Waals surface area contributed by atoms with Crippen LogP contribution in [0.25, 0.3) is 0 Å². The molecule has 22 heavy (non-hydrogen) atoms. The molecule has 0 bridgehead atoms. The number of hydrogen-bond acceptors (Lipinski definition) is 4. The molecular formula is C17H26N2O3. The quantitative estimate of drug-likeness (QED) is 0.810. The monoisotopic (exact) mass is 306 g/mol. The summed E-state index contributed by atoms with van der Waals surface area (Å²) in [6, 6.07) is 5.88. The molecule has 1 fully saturated rings. The normalized spacial score (nSPS) is 20.7. The molecule has 1 aliphatic carbocycles. The van der Waals surface area contributed by atoms with E-state index in [2.05, 4.69) is 5.32 Å². The second-order valence-electron chi connectivity index (χ2n) is 5.75. The first-order valence-electron chi connectivity index (χ1n) is 7.96. The third-order valence-corrected chi connectivity index (χ3v) is 4.18. The SMILES string of the molecule is CCOc1cc(CNC(=O)C[C@@H]2CCC[C@H]2N)ccc1OC. The van der Waals surface area contributed by atoms with Crippen molar-refractivity contribution < 1.29 is 14.3 Å². The Morgan fingerprint density at radius 3 is 2.82 bits per heavy atom. The molecule has 5 heteroatoms. The zero-order valence-electron chi connectivity index (χ0n) is 13.4. The van der Waals surface area contributed by atoms with Gasteiger partial charge in [0.2, 0.25) is 5.91 Å². The van der Waals surface area contributed by atoms with E-state index in [4.69, 9.17) is 15.2 Å². The first kappa shape index (κ1) is 16.6. The molecule has 0 radical (unpaired) electrons. The lowest BCUT2D eigenvalue weighted by Crippen LogP contribution is -2.31. The number of carbonyl (C=O) groups is 1. The van der Waals surface area contributed by atoms with E-state index in [-0.39, 0.29) is 11.9 Å². The topological polar surface area (TPSA) is 73.6 Å². The Bertz CT molecular complexity index is 505. The molecule has 2 rings (SSSR count). The van der Waals surface area contributed by atoms with Crippen molar-refractivity contribution in [3.63, 3.8) is 0 Å². The Labute approximate surface area is 132 Å². The standard InChI is InChI=1S/C17H26N2O3/c1-3-22-16-9-12(7-8-15(16)21-2)11-19-17(20)10-13-5-4-6-14(13)18/h7-9,13-14H,3-6,10-11,18H2,1-2H3,(H,19,20)/t13-,14+/m0/s1. The van der Waals surface area contributed by atoms with Gasteiger partial charge in [0, 0.05) is 19.0 Å². The molecule has 0 heterocycles. The van der Waals surface area contributed by atoms with Gasteiger partial charge in [0.15, 0.2) is 11.5 Å². The lowest BCUT2D eigenvalue weighted by Gasteiger charge is -2.15. The zero-order valence-corrected chi connectivity index (χ0v) is 13.4. The highest BCUT2D eigenvalue weighted by atomic mass is 16.5. The molecule has 2 atom stereocenters. The Hall–Kier alpha value is -1.75. The van der Waals surface area contributed by atoms with E-state index < -0.39 is 0 Å². The summed E-state index contributed by atoms with van der Waals surface area (Å²) in [5.41, 5.74) is 7.00. The van der Waals surface area contributed by atoms with E-state index in [0.717, 1.165) is 24.8 Å². The summed E-state index contributed by atoms with van der Waals surface area (Å²) >= 11 is 0. The molecule has 1 aromatic rings. The van der Waals surface area contributed by atoms with E-state index in [1.807, 2.05) is 25.1 Å². The summed E-state index contributed by atoms with van der Waals surface area (Å²) in [6.45, 7) is 3.00. The van der Waals surface area contributed by atoms with Crippen molar-refractivity contribution >= 4 is 5.91 Å². The molecule has 122 valence electrons. The van der Waals surface area contributed by atoms with Crippen molar-refractivity contribution in [2.24, 2.45) is 11.7 Å². The first-order valence-corrected chi connectivity index (χ1v) is 7.96. The van der Waals surface area contributed by atoms with Gasteiger partial charge in [-0.2, -0.15) is 0 Å². The van der Waals surface area contributed by atoms with Crippen LogP contribution in [-0.4, -0.2) is 25.7 Å². The van der Waals surface area contributed by atoms with Gasteiger partial charge in [-0.3, -0.25) is 4.79 Å². The number of nitrogens with two attached hydrogens (primary N) is 1. The van der Waals surface area contributed by atoms with Crippen LogP contribution in [0.15, 0.2) is 18.2 Å². The van der Waals surface area contributed by atoms with Gasteiger partial charge in [-0.25, -0.2) is 0 Å². The number of hydrogen-bond donors (Lipinski definition) is 2. The average Bonchev–Trinajstić information content (AvgIpc) is 2.91. The molecule has 5 nitrogen and oxygen atoms in total. The van der Waals surface area contributed by atoms with Gasteiger partial charge in [0.25, 0.3) is 0 Å². The summed E-state index contributed by atoms with van der Waals surface area (Å²) in [5.74, 6) is 1.80. The molecule has 3 N–H and O–H groups in total. The Morgan fingerprint density at radius 1 is 1.36 bits per heavy atom. The molecule has 0 saturated heterocycles. The van der Waals surface area contributed by atoms with E-state index in [1.165, 1.54) is 0 Å². The van der Waals surface area contributed by atoms with Gasteiger partial charge >= 0.3 is 0 Å². The highest BCUT2D eigenvalue weighted by Gasteiger charge is 2.25. The van der Waals surface area contributed by atoms with Crippen LogP contribution in [-0.2, 0) is 11.3 Å². The fourth-order valence-electron chi connectivity index (χ4n) is 2.93. The van der Waals surface area contributed by atoms with Gasteiger partial charge in [0.1, 0.15) is 0 Å². The summed E-state index contributed by atoms with van der Waals surface area (Å²) in [5, 5.41) is 2.96. The summed E-state index contributed by atoms with van der Waals surface area (Å²) in [6.07, 6.45) is 3.75. The molecule has 0 aromatic heterocycles. The van der Waals surface area contributed by atoms with Crippen molar-refractivity contribution in [2.75, 3.05) is 13.7 Å². The minimum Gasteiger partial charge on any atom is -0.493 e. The predicted octanol–water partition coefficient (Wildman–Crippen LogP) is 2.23. The second kappa shape index (κ2) is 8.03. The van der Waals surface area contributed by atoms with Gasteiger partial charge < -0.3 is 20.5 Å². The highest BCUT2D eigenvalue weighted by Crippen LogP contribution is 2.28. The van der Waals surface area contributed by atoms with Gasteiger partial charge in [-0.05, 0) is 43.4 Å². The number of nitrogens with one attached hydrogen (secondary N) is 1. The van der Waals surface area contributed by atoms with Gasteiger partial charge in [-0.15, -0.1) is 0 Å². The lowest BCUT2D eigenvalue weighted by atomic mass is 10.00. The maximum Gasteiger partial charge on any atom is 0.220 e. The third kappa shape index (κ3) is 4.37. The predicted molar refractivity (Wildman–Crippen MR) is 85.9 cm³/mol. The minimum atomic E-state index is 0.0659. The van der Waals surface area contributed by atoms with E-state index in [0.29, 0.717) is 37.0 Å². The van der Waals surface area contributed by atoms with E-state index in [9.17, 15) is 4.79 Å². The smallest absolute Gasteiger partial charge is 0.220 e. The maximum absolute atomic E-state index is 12.0. The van der Waals surface area contributed by atoms with E-state index in [1.54, 1.807) is 7.11 Å². The van der Waals surface area contributed by atoms with Crippen LogP contribution in [0.2, 0.25) is 0 Å². The number of methoxy groups -OCH3 is 1. The van der Waals surface area contributed by atoms with Crippen molar-refractivity contribution in [3.8, 4) is 11.5 Å². The molecule has 0 aliphatic heterocycles. The number of ether oxygens (including phenoxy) is 2. The fraction of sp³-hybridized carbons (Fsp3) is 0.588. The first-order chi connectivity index (χ1) is 10.6. The second-order valence-corrected chi connectivity index (χ2v) is 5.75. The Balaban J connectivity index is 1.87. The van der Waals surface area contributed by atoms with Crippen LogP contribution in [0.4, 0.5) is 0 Å². The number of benzene rings is 1. The number of carbonyl (C=O) groups excluding carboxylic acids is 1. The minimum absolute atomic E-state index is 0.0659. The molecular weight excluding hydrogens is 280 g/mol. The van der Waals surface area contributed by atoms with Crippen molar-refractivity contribution in [3.05, 3.63) is 23.8 Å². The van der Waals surface area contributed by atoms with Crippen LogP contribution in [0.3, 0.4) is 0 Å². The molecule has 1 aliphatic rings. The molecule has 0 spiro atoms. The molecule has 1 aromatic carbocycles. The van der Waals surface area contributed by atoms with Crippen LogP contribution in [0, 0.1) is 5.92 Å². The fourth-order valence-corrected chi connectivity index (χ4v) is 2.93. The summed E-state index contributed by atoms with van der Waals surface area (Å²) < 4.78 is 10.8. The van der Waals surface area contributed by atoms with Crippen LogP contribution >= 0.6 is 0 Å². The lowest BCUT2D eigenvalue weighted by molar-refractivity contribution is -0.122. The Morgan fingerprint density at radius 2 is 2.18 bits per heavy atom. The zero-order chi connectivity index (χ0) is 15.9. The number of rotatable bonds is 7. The van der Waals surface area contributed by atoms with Crippen molar-refractivity contribution in [2.45, 2.75) is 45.2 Å². The van der Waals surface area contributed by atoms with Gasteiger partial charge in [0.05, 0.1) is 13.7 Å². The largest absolute Gasteiger partial charge is 0.493 e. The summed E-state index contributed by atoms with van der Waals surface area (Å²) in [4.78, 5) is 12.0. The van der Waals surface area contributed by atoms with Crippen LogP contribution in [0.1, 0.15) is 38.2 Å². The Kier molecular flexibility index (Phi) is 6.07. The average molecular weight is 306 g/mol. The van der Waals surface area contributed by atoms with Gasteiger partial charge in [-0.1, -0.05) is 12.5 Å². The van der Waals surface area contributed by atoms with Crippen molar-refractivity contribution in [1.82, 2.24) is 5.32 Å². The summed E-state index contributed by atoms with van der Waals surface area (Å²) in [7, 11) is 1.62. The van der Waals surface area contributed by atoms with Crippen molar-refractivity contribution in [1.29, 1.82) is 0 Å². The third-order valence-electron chi connectivity index (χ3n) is 4.18. The maximum atomic E-state index is 12.0. The van der Waals surface area contributed by atoms with E-state index >= 15 is 0 Å².